The first kappa shape index (κ1) is 11.9. The highest BCUT2D eigenvalue weighted by Gasteiger charge is 2.37. The standard InChI is InChI=1S/C13H24N2O/c1-2-13(7-4-8-13)9-15-12(16)10-5-3-6-11(10)14/h10-11H,2-9,14H2,1H3,(H,15,16). The molecule has 3 N–H and O–H groups in total. The number of hydrogen-bond donors (Lipinski definition) is 2. The van der Waals surface area contributed by atoms with Gasteiger partial charge in [0.05, 0.1) is 5.92 Å². The Balaban J connectivity index is 1.79. The molecule has 2 atom stereocenters. The van der Waals surface area contributed by atoms with Crippen molar-refractivity contribution in [2.75, 3.05) is 6.54 Å². The van der Waals surface area contributed by atoms with Gasteiger partial charge in [0.2, 0.25) is 5.91 Å². The highest BCUT2D eigenvalue weighted by molar-refractivity contribution is 5.79. The van der Waals surface area contributed by atoms with Crippen molar-refractivity contribution in [1.82, 2.24) is 5.32 Å². The van der Waals surface area contributed by atoms with Crippen molar-refractivity contribution in [3.8, 4) is 0 Å². The van der Waals surface area contributed by atoms with Crippen LogP contribution >= 0.6 is 0 Å². The van der Waals surface area contributed by atoms with E-state index in [1.165, 1.54) is 25.7 Å². The number of amides is 1. The van der Waals surface area contributed by atoms with Gasteiger partial charge in [0.15, 0.2) is 0 Å². The number of nitrogens with two attached hydrogens (primary N) is 1. The Morgan fingerprint density at radius 3 is 2.56 bits per heavy atom. The Morgan fingerprint density at radius 1 is 1.38 bits per heavy atom. The Labute approximate surface area is 98.2 Å². The summed E-state index contributed by atoms with van der Waals surface area (Å²) in [4.78, 5) is 12.0. The second kappa shape index (κ2) is 4.74. The van der Waals surface area contributed by atoms with Crippen LogP contribution in [0.2, 0.25) is 0 Å². The fourth-order valence-electron chi connectivity index (χ4n) is 3.05. The van der Waals surface area contributed by atoms with Crippen molar-refractivity contribution in [3.63, 3.8) is 0 Å². The summed E-state index contributed by atoms with van der Waals surface area (Å²) in [6.07, 6.45) is 8.17. The molecule has 2 aliphatic rings. The van der Waals surface area contributed by atoms with Crippen molar-refractivity contribution < 1.29 is 4.79 Å². The molecule has 1 amide bonds. The van der Waals surface area contributed by atoms with Gasteiger partial charge in [-0.2, -0.15) is 0 Å². The summed E-state index contributed by atoms with van der Waals surface area (Å²) in [5.41, 5.74) is 6.35. The fourth-order valence-corrected chi connectivity index (χ4v) is 3.05. The van der Waals surface area contributed by atoms with Crippen LogP contribution in [0.1, 0.15) is 51.9 Å². The van der Waals surface area contributed by atoms with Crippen LogP contribution in [0.4, 0.5) is 0 Å². The molecule has 2 fully saturated rings. The van der Waals surface area contributed by atoms with E-state index < -0.39 is 0 Å². The maximum Gasteiger partial charge on any atom is 0.224 e. The van der Waals surface area contributed by atoms with Gasteiger partial charge in [-0.05, 0) is 37.5 Å². The SMILES string of the molecule is CCC1(CNC(=O)C2CCCC2N)CCC1. The van der Waals surface area contributed by atoms with E-state index in [-0.39, 0.29) is 17.9 Å². The number of hydrogen-bond acceptors (Lipinski definition) is 2. The molecular formula is C13H24N2O. The molecule has 0 radical (unpaired) electrons. The van der Waals surface area contributed by atoms with Gasteiger partial charge in [0, 0.05) is 12.6 Å². The predicted molar refractivity (Wildman–Crippen MR) is 64.9 cm³/mol. The summed E-state index contributed by atoms with van der Waals surface area (Å²) in [5, 5.41) is 3.13. The van der Waals surface area contributed by atoms with Gasteiger partial charge in [-0.1, -0.05) is 19.8 Å². The van der Waals surface area contributed by atoms with Gasteiger partial charge in [-0.25, -0.2) is 0 Å². The van der Waals surface area contributed by atoms with Crippen LogP contribution in [0.5, 0.6) is 0 Å². The molecule has 0 heterocycles. The summed E-state index contributed by atoms with van der Waals surface area (Å²) < 4.78 is 0. The molecule has 0 aliphatic heterocycles. The summed E-state index contributed by atoms with van der Waals surface area (Å²) in [5.74, 6) is 0.277. The largest absolute Gasteiger partial charge is 0.355 e. The Hall–Kier alpha value is -0.570. The van der Waals surface area contributed by atoms with E-state index >= 15 is 0 Å². The minimum atomic E-state index is 0.0778. The lowest BCUT2D eigenvalue weighted by Crippen LogP contribution is -2.45. The molecule has 0 bridgehead atoms. The van der Waals surface area contributed by atoms with Crippen molar-refractivity contribution >= 4 is 5.91 Å². The average molecular weight is 224 g/mol. The average Bonchev–Trinajstić information content (AvgIpc) is 2.63. The van der Waals surface area contributed by atoms with Crippen LogP contribution in [0.3, 0.4) is 0 Å². The number of rotatable bonds is 4. The molecule has 3 nitrogen and oxygen atoms in total. The van der Waals surface area contributed by atoms with Gasteiger partial charge in [0.1, 0.15) is 0 Å². The van der Waals surface area contributed by atoms with Gasteiger partial charge >= 0.3 is 0 Å². The van der Waals surface area contributed by atoms with Crippen molar-refractivity contribution in [1.29, 1.82) is 0 Å². The molecule has 0 spiro atoms. The quantitative estimate of drug-likeness (QED) is 0.765. The van der Waals surface area contributed by atoms with E-state index in [0.717, 1.165) is 25.8 Å². The van der Waals surface area contributed by atoms with Crippen molar-refractivity contribution in [3.05, 3.63) is 0 Å². The topological polar surface area (TPSA) is 55.1 Å². The second-order valence-corrected chi connectivity index (χ2v) is 5.63. The lowest BCUT2D eigenvalue weighted by atomic mass is 9.67. The zero-order valence-corrected chi connectivity index (χ0v) is 10.3. The molecule has 3 heteroatoms. The first-order valence-corrected chi connectivity index (χ1v) is 6.70. The molecule has 2 saturated carbocycles. The maximum absolute atomic E-state index is 12.0. The summed E-state index contributed by atoms with van der Waals surface area (Å²) in [7, 11) is 0. The number of carbonyl (C=O) groups is 1. The van der Waals surface area contributed by atoms with Gasteiger partial charge in [0.25, 0.3) is 0 Å². The molecule has 0 aromatic heterocycles. The van der Waals surface area contributed by atoms with Crippen LogP contribution in [-0.4, -0.2) is 18.5 Å². The monoisotopic (exact) mass is 224 g/mol. The summed E-state index contributed by atoms with van der Waals surface area (Å²) >= 11 is 0. The molecule has 92 valence electrons. The zero-order chi connectivity index (χ0) is 11.6. The lowest BCUT2D eigenvalue weighted by Gasteiger charge is -2.41. The van der Waals surface area contributed by atoms with E-state index in [0.29, 0.717) is 5.41 Å². The van der Waals surface area contributed by atoms with E-state index in [4.69, 9.17) is 5.73 Å². The molecule has 0 aromatic rings. The number of carbonyl (C=O) groups excluding carboxylic acids is 1. The minimum Gasteiger partial charge on any atom is -0.355 e. The molecule has 16 heavy (non-hydrogen) atoms. The van der Waals surface area contributed by atoms with E-state index in [2.05, 4.69) is 12.2 Å². The first-order chi connectivity index (χ1) is 7.67. The van der Waals surface area contributed by atoms with Crippen molar-refractivity contribution in [2.24, 2.45) is 17.1 Å². The normalized spacial score (nSPS) is 32.1. The van der Waals surface area contributed by atoms with Crippen LogP contribution in [0, 0.1) is 11.3 Å². The van der Waals surface area contributed by atoms with Gasteiger partial charge in [-0.15, -0.1) is 0 Å². The second-order valence-electron chi connectivity index (χ2n) is 5.63. The molecule has 2 unspecified atom stereocenters. The highest BCUT2D eigenvalue weighted by atomic mass is 16.1. The van der Waals surface area contributed by atoms with Crippen LogP contribution in [0.15, 0.2) is 0 Å². The molecule has 2 aliphatic carbocycles. The lowest BCUT2D eigenvalue weighted by molar-refractivity contribution is -0.126. The maximum atomic E-state index is 12.0. The van der Waals surface area contributed by atoms with E-state index in [1.54, 1.807) is 0 Å². The third-order valence-electron chi connectivity index (χ3n) is 4.71. The Kier molecular flexibility index (Phi) is 3.53. The Morgan fingerprint density at radius 2 is 2.12 bits per heavy atom. The minimum absolute atomic E-state index is 0.0778. The van der Waals surface area contributed by atoms with Gasteiger partial charge < -0.3 is 11.1 Å². The predicted octanol–water partition coefficient (Wildman–Crippen LogP) is 1.81. The smallest absolute Gasteiger partial charge is 0.224 e. The van der Waals surface area contributed by atoms with E-state index in [9.17, 15) is 4.79 Å². The van der Waals surface area contributed by atoms with Crippen LogP contribution in [-0.2, 0) is 4.79 Å². The molecule has 2 rings (SSSR count). The fraction of sp³-hybridized carbons (Fsp3) is 0.923. The Bertz CT molecular complexity index is 255. The van der Waals surface area contributed by atoms with Gasteiger partial charge in [-0.3, -0.25) is 4.79 Å². The number of nitrogens with one attached hydrogen (secondary N) is 1. The third-order valence-corrected chi connectivity index (χ3v) is 4.71. The molecule has 0 aromatic carbocycles. The van der Waals surface area contributed by atoms with Crippen LogP contribution in [0.25, 0.3) is 0 Å². The third kappa shape index (κ3) is 2.24. The first-order valence-electron chi connectivity index (χ1n) is 6.70. The summed E-state index contributed by atoms with van der Waals surface area (Å²) in [6.45, 7) is 3.10. The van der Waals surface area contributed by atoms with E-state index in [1.807, 2.05) is 0 Å². The molecule has 0 saturated heterocycles. The zero-order valence-electron chi connectivity index (χ0n) is 10.3. The molecular weight excluding hydrogens is 200 g/mol. The highest BCUT2D eigenvalue weighted by Crippen LogP contribution is 2.43. The summed E-state index contributed by atoms with van der Waals surface area (Å²) in [6, 6.07) is 0.0963. The van der Waals surface area contributed by atoms with Crippen LogP contribution < -0.4 is 11.1 Å². The van der Waals surface area contributed by atoms with Crippen molar-refractivity contribution in [2.45, 2.75) is 57.9 Å².